The van der Waals surface area contributed by atoms with Crippen molar-refractivity contribution in [1.29, 1.82) is 0 Å². The van der Waals surface area contributed by atoms with Crippen LogP contribution >= 0.6 is 15.9 Å². The fourth-order valence-electron chi connectivity index (χ4n) is 1.71. The zero-order valence-electron chi connectivity index (χ0n) is 11.9. The minimum Gasteiger partial charge on any atom is -0.494 e. The van der Waals surface area contributed by atoms with Crippen LogP contribution in [-0.2, 0) is 9.59 Å². The van der Waals surface area contributed by atoms with Crippen LogP contribution in [0.1, 0.15) is 6.92 Å². The molecule has 0 spiro atoms. The Bertz CT molecular complexity index is 654. The van der Waals surface area contributed by atoms with E-state index in [-0.39, 0.29) is 0 Å². The first kappa shape index (κ1) is 16.0. The van der Waals surface area contributed by atoms with E-state index >= 15 is 0 Å². The summed E-state index contributed by atoms with van der Waals surface area (Å²) < 4.78 is 6.20. The molecule has 2 aromatic rings. The number of benzene rings is 2. The summed E-state index contributed by atoms with van der Waals surface area (Å²) in [6, 6.07) is 13.8. The highest BCUT2D eigenvalue weighted by Gasteiger charge is 2.13. The summed E-state index contributed by atoms with van der Waals surface area (Å²) in [5.74, 6) is -0.747. The first-order chi connectivity index (χ1) is 10.6. The van der Waals surface area contributed by atoms with Gasteiger partial charge in [0.25, 0.3) is 0 Å². The first-order valence-corrected chi connectivity index (χ1v) is 7.48. The fourth-order valence-corrected chi connectivity index (χ4v) is 1.97. The van der Waals surface area contributed by atoms with Crippen LogP contribution in [0.3, 0.4) is 0 Å². The second kappa shape index (κ2) is 7.61. The summed E-state index contributed by atoms with van der Waals surface area (Å²) in [6.07, 6.45) is 0. The number of amides is 2. The number of hydrogen-bond acceptors (Lipinski definition) is 3. The molecule has 0 heterocycles. The molecule has 0 aromatic heterocycles. The number of halogens is 1. The molecule has 2 aromatic carbocycles. The van der Waals surface area contributed by atoms with Gasteiger partial charge in [-0.3, -0.25) is 9.59 Å². The first-order valence-electron chi connectivity index (χ1n) is 6.69. The normalized spacial score (nSPS) is 9.91. The van der Waals surface area contributed by atoms with E-state index in [9.17, 15) is 9.59 Å². The van der Waals surface area contributed by atoms with Crippen molar-refractivity contribution in [2.75, 3.05) is 17.2 Å². The molecule has 6 heteroatoms. The molecule has 0 aliphatic heterocycles. The zero-order chi connectivity index (χ0) is 15.9. The monoisotopic (exact) mass is 362 g/mol. The van der Waals surface area contributed by atoms with Crippen LogP contribution in [0.5, 0.6) is 5.75 Å². The van der Waals surface area contributed by atoms with E-state index in [2.05, 4.69) is 26.6 Å². The molecule has 0 saturated carbocycles. The summed E-state index contributed by atoms with van der Waals surface area (Å²) in [5, 5.41) is 5.05. The minimum absolute atomic E-state index is 0.527. The highest BCUT2D eigenvalue weighted by atomic mass is 79.9. The Morgan fingerprint density at radius 2 is 1.36 bits per heavy atom. The van der Waals surface area contributed by atoms with E-state index < -0.39 is 11.8 Å². The number of anilines is 2. The van der Waals surface area contributed by atoms with E-state index in [1.807, 2.05) is 6.92 Å². The Hall–Kier alpha value is -2.34. The number of nitrogens with one attached hydrogen (secondary N) is 2. The summed E-state index contributed by atoms with van der Waals surface area (Å²) in [7, 11) is 0. The van der Waals surface area contributed by atoms with Crippen molar-refractivity contribution in [1.82, 2.24) is 0 Å². The molecule has 2 N–H and O–H groups in total. The Labute approximate surface area is 136 Å². The van der Waals surface area contributed by atoms with Crippen molar-refractivity contribution in [2.24, 2.45) is 0 Å². The summed E-state index contributed by atoms with van der Waals surface area (Å²) in [4.78, 5) is 23.6. The maximum absolute atomic E-state index is 11.8. The molecule has 0 aliphatic rings. The third kappa shape index (κ3) is 4.60. The standard InChI is InChI=1S/C16H15BrN2O3/c1-2-22-14-9-7-13(8-10-14)19-16(21)15(20)18-12-5-3-11(17)4-6-12/h3-10H,2H2,1H3,(H,18,20)(H,19,21). The molecule has 2 rings (SSSR count). The molecule has 0 unspecified atom stereocenters. The largest absolute Gasteiger partial charge is 0.494 e. The Balaban J connectivity index is 1.93. The van der Waals surface area contributed by atoms with Gasteiger partial charge in [-0.1, -0.05) is 15.9 Å². The number of hydrogen-bond donors (Lipinski definition) is 2. The molecule has 0 atom stereocenters. The smallest absolute Gasteiger partial charge is 0.314 e. The summed E-state index contributed by atoms with van der Waals surface area (Å²) in [5.41, 5.74) is 1.08. The van der Waals surface area contributed by atoms with Gasteiger partial charge in [0, 0.05) is 15.8 Å². The number of rotatable bonds is 4. The minimum atomic E-state index is -0.730. The van der Waals surface area contributed by atoms with Gasteiger partial charge in [0.2, 0.25) is 0 Å². The average Bonchev–Trinajstić information content (AvgIpc) is 2.51. The molecule has 0 bridgehead atoms. The maximum Gasteiger partial charge on any atom is 0.314 e. The Morgan fingerprint density at radius 3 is 1.82 bits per heavy atom. The molecule has 5 nitrogen and oxygen atoms in total. The van der Waals surface area contributed by atoms with E-state index in [0.29, 0.717) is 23.7 Å². The van der Waals surface area contributed by atoms with E-state index in [4.69, 9.17) is 4.74 Å². The molecule has 0 aliphatic carbocycles. The van der Waals surface area contributed by atoms with Crippen molar-refractivity contribution in [3.05, 3.63) is 53.0 Å². The predicted octanol–water partition coefficient (Wildman–Crippen LogP) is 3.43. The quantitative estimate of drug-likeness (QED) is 0.818. The van der Waals surface area contributed by atoms with Gasteiger partial charge < -0.3 is 15.4 Å². The molecular formula is C16H15BrN2O3. The van der Waals surface area contributed by atoms with Crippen LogP contribution < -0.4 is 15.4 Å². The van der Waals surface area contributed by atoms with Gasteiger partial charge in [-0.15, -0.1) is 0 Å². The average molecular weight is 363 g/mol. The lowest BCUT2D eigenvalue weighted by Crippen LogP contribution is -2.29. The van der Waals surface area contributed by atoms with Crippen molar-refractivity contribution in [2.45, 2.75) is 6.92 Å². The maximum atomic E-state index is 11.8. The van der Waals surface area contributed by atoms with Crippen LogP contribution in [0, 0.1) is 0 Å². The van der Waals surface area contributed by atoms with Gasteiger partial charge in [0.15, 0.2) is 0 Å². The van der Waals surface area contributed by atoms with Gasteiger partial charge in [-0.2, -0.15) is 0 Å². The van der Waals surface area contributed by atoms with Gasteiger partial charge in [0.1, 0.15) is 5.75 Å². The molecule has 0 radical (unpaired) electrons. The molecular weight excluding hydrogens is 348 g/mol. The number of carbonyl (C=O) groups excluding carboxylic acids is 2. The zero-order valence-corrected chi connectivity index (χ0v) is 13.5. The van der Waals surface area contributed by atoms with E-state index in [1.54, 1.807) is 48.5 Å². The van der Waals surface area contributed by atoms with Crippen LogP contribution in [0.15, 0.2) is 53.0 Å². The Morgan fingerprint density at radius 1 is 0.909 bits per heavy atom. The lowest BCUT2D eigenvalue weighted by atomic mass is 10.3. The van der Waals surface area contributed by atoms with Gasteiger partial charge in [-0.05, 0) is 55.5 Å². The third-order valence-electron chi connectivity index (χ3n) is 2.73. The SMILES string of the molecule is CCOc1ccc(NC(=O)C(=O)Nc2ccc(Br)cc2)cc1. The molecule has 114 valence electrons. The summed E-state index contributed by atoms with van der Waals surface area (Å²) in [6.45, 7) is 2.46. The lowest BCUT2D eigenvalue weighted by molar-refractivity contribution is -0.132. The highest BCUT2D eigenvalue weighted by Crippen LogP contribution is 2.16. The highest BCUT2D eigenvalue weighted by molar-refractivity contribution is 9.10. The van der Waals surface area contributed by atoms with Crippen molar-refractivity contribution in [3.8, 4) is 5.75 Å². The molecule has 2 amide bonds. The van der Waals surface area contributed by atoms with E-state index in [0.717, 1.165) is 4.47 Å². The topological polar surface area (TPSA) is 67.4 Å². The van der Waals surface area contributed by atoms with Crippen molar-refractivity contribution < 1.29 is 14.3 Å². The predicted molar refractivity (Wildman–Crippen MR) is 89.0 cm³/mol. The molecule has 0 fully saturated rings. The second-order valence-corrected chi connectivity index (χ2v) is 5.29. The Kier molecular flexibility index (Phi) is 5.55. The van der Waals surface area contributed by atoms with Crippen LogP contribution in [0.4, 0.5) is 11.4 Å². The van der Waals surface area contributed by atoms with Crippen LogP contribution in [-0.4, -0.2) is 18.4 Å². The number of ether oxygens (including phenoxy) is 1. The second-order valence-electron chi connectivity index (χ2n) is 4.37. The van der Waals surface area contributed by atoms with Crippen LogP contribution in [0.2, 0.25) is 0 Å². The van der Waals surface area contributed by atoms with Gasteiger partial charge in [-0.25, -0.2) is 0 Å². The summed E-state index contributed by atoms with van der Waals surface area (Å²) >= 11 is 3.30. The molecule has 22 heavy (non-hydrogen) atoms. The fraction of sp³-hybridized carbons (Fsp3) is 0.125. The van der Waals surface area contributed by atoms with Gasteiger partial charge >= 0.3 is 11.8 Å². The number of carbonyl (C=O) groups is 2. The van der Waals surface area contributed by atoms with Crippen LogP contribution in [0.25, 0.3) is 0 Å². The third-order valence-corrected chi connectivity index (χ3v) is 3.26. The van der Waals surface area contributed by atoms with E-state index in [1.165, 1.54) is 0 Å². The molecule has 0 saturated heterocycles. The van der Waals surface area contributed by atoms with Crippen molar-refractivity contribution >= 4 is 39.1 Å². The van der Waals surface area contributed by atoms with Gasteiger partial charge in [0.05, 0.1) is 6.61 Å². The van der Waals surface area contributed by atoms with Crippen molar-refractivity contribution in [3.63, 3.8) is 0 Å². The lowest BCUT2D eigenvalue weighted by Gasteiger charge is -2.08.